The summed E-state index contributed by atoms with van der Waals surface area (Å²) in [6.45, 7) is 5.74. The van der Waals surface area contributed by atoms with Crippen LogP contribution in [-0.2, 0) is 14.6 Å². The fourth-order valence-electron chi connectivity index (χ4n) is 2.60. The molecule has 1 aromatic rings. The van der Waals surface area contributed by atoms with Crippen LogP contribution in [0.25, 0.3) is 0 Å². The first-order valence-electron chi connectivity index (χ1n) is 7.49. The minimum atomic E-state index is -3.19. The van der Waals surface area contributed by atoms with E-state index in [-0.39, 0.29) is 17.9 Å². The summed E-state index contributed by atoms with van der Waals surface area (Å²) in [4.78, 5) is 14.6. The highest BCUT2D eigenvalue weighted by atomic mass is 32.2. The minimum Gasteiger partial charge on any atom is -0.339 e. The van der Waals surface area contributed by atoms with E-state index in [4.69, 9.17) is 0 Å². The SMILES string of the molecule is CC(C(=O)N(C)C(C)c1ccc(S(C)(=O)=O)cc1)C1CNC1. The fourth-order valence-corrected chi connectivity index (χ4v) is 3.23. The molecule has 122 valence electrons. The van der Waals surface area contributed by atoms with Gasteiger partial charge in [0.25, 0.3) is 0 Å². The summed E-state index contributed by atoms with van der Waals surface area (Å²) in [6, 6.07) is 6.66. The molecule has 1 aliphatic heterocycles. The fraction of sp³-hybridized carbons (Fsp3) is 0.562. The number of carbonyl (C=O) groups excluding carboxylic acids is 1. The normalized spacial score (nSPS) is 18.4. The average molecular weight is 324 g/mol. The molecule has 0 aromatic heterocycles. The maximum atomic E-state index is 12.5. The van der Waals surface area contributed by atoms with Crippen LogP contribution < -0.4 is 5.32 Å². The summed E-state index contributed by atoms with van der Waals surface area (Å²) < 4.78 is 23.0. The number of carbonyl (C=O) groups is 1. The Labute approximate surface area is 132 Å². The van der Waals surface area contributed by atoms with E-state index in [1.54, 1.807) is 36.2 Å². The van der Waals surface area contributed by atoms with Crippen molar-refractivity contribution in [3.63, 3.8) is 0 Å². The molecule has 6 heteroatoms. The largest absolute Gasteiger partial charge is 0.339 e. The zero-order valence-electron chi connectivity index (χ0n) is 13.5. The number of hydrogen-bond donors (Lipinski definition) is 1. The van der Waals surface area contributed by atoms with Crippen molar-refractivity contribution < 1.29 is 13.2 Å². The Morgan fingerprint density at radius 2 is 1.77 bits per heavy atom. The van der Waals surface area contributed by atoms with Gasteiger partial charge in [0.1, 0.15) is 0 Å². The molecule has 0 aliphatic carbocycles. The van der Waals surface area contributed by atoms with E-state index in [9.17, 15) is 13.2 Å². The van der Waals surface area contributed by atoms with Crippen LogP contribution in [0.15, 0.2) is 29.2 Å². The van der Waals surface area contributed by atoms with Gasteiger partial charge in [0.05, 0.1) is 10.9 Å². The van der Waals surface area contributed by atoms with Crippen LogP contribution in [0.5, 0.6) is 0 Å². The van der Waals surface area contributed by atoms with Crippen molar-refractivity contribution in [1.29, 1.82) is 0 Å². The smallest absolute Gasteiger partial charge is 0.226 e. The van der Waals surface area contributed by atoms with Crippen molar-refractivity contribution in [2.24, 2.45) is 11.8 Å². The third-order valence-electron chi connectivity index (χ3n) is 4.63. The van der Waals surface area contributed by atoms with Gasteiger partial charge in [-0.05, 0) is 43.6 Å². The van der Waals surface area contributed by atoms with E-state index < -0.39 is 9.84 Å². The summed E-state index contributed by atoms with van der Waals surface area (Å²) in [5, 5.41) is 3.19. The lowest BCUT2D eigenvalue weighted by atomic mass is 9.87. The lowest BCUT2D eigenvalue weighted by Gasteiger charge is -2.35. The molecule has 1 aromatic carbocycles. The predicted octanol–water partition coefficient (Wildman–Crippen LogP) is 1.47. The Hall–Kier alpha value is -1.40. The van der Waals surface area contributed by atoms with E-state index in [2.05, 4.69) is 5.32 Å². The van der Waals surface area contributed by atoms with Crippen LogP contribution in [-0.4, -0.2) is 45.6 Å². The molecule has 1 amide bonds. The molecule has 1 fully saturated rings. The van der Waals surface area contributed by atoms with Gasteiger partial charge in [0, 0.05) is 19.2 Å². The van der Waals surface area contributed by atoms with Gasteiger partial charge in [-0.15, -0.1) is 0 Å². The van der Waals surface area contributed by atoms with Gasteiger partial charge in [-0.25, -0.2) is 8.42 Å². The lowest BCUT2D eigenvalue weighted by Crippen LogP contribution is -2.50. The van der Waals surface area contributed by atoms with Crippen molar-refractivity contribution in [1.82, 2.24) is 10.2 Å². The lowest BCUT2D eigenvalue weighted by molar-refractivity contribution is -0.138. The Bertz CT molecular complexity index is 636. The summed E-state index contributed by atoms with van der Waals surface area (Å²) in [7, 11) is -1.38. The van der Waals surface area contributed by atoms with Crippen molar-refractivity contribution in [2.45, 2.75) is 24.8 Å². The molecule has 0 saturated carbocycles. The molecule has 0 bridgehead atoms. The van der Waals surface area contributed by atoms with Gasteiger partial charge in [-0.1, -0.05) is 19.1 Å². The van der Waals surface area contributed by atoms with Crippen LogP contribution in [0.1, 0.15) is 25.5 Å². The molecular weight excluding hydrogens is 300 g/mol. The van der Waals surface area contributed by atoms with Crippen molar-refractivity contribution in [3.8, 4) is 0 Å². The Kier molecular flexibility index (Phi) is 4.92. The summed E-state index contributed by atoms with van der Waals surface area (Å²) in [5.41, 5.74) is 0.933. The molecule has 5 nitrogen and oxygen atoms in total. The number of nitrogens with one attached hydrogen (secondary N) is 1. The van der Waals surface area contributed by atoms with Gasteiger partial charge in [0.2, 0.25) is 5.91 Å². The second-order valence-corrected chi connectivity index (χ2v) is 8.19. The number of sulfone groups is 1. The van der Waals surface area contributed by atoms with Gasteiger partial charge in [-0.3, -0.25) is 4.79 Å². The molecular formula is C16H24N2O3S. The third-order valence-corrected chi connectivity index (χ3v) is 5.76. The van der Waals surface area contributed by atoms with Crippen LogP contribution >= 0.6 is 0 Å². The van der Waals surface area contributed by atoms with Crippen LogP contribution in [0.2, 0.25) is 0 Å². The molecule has 0 spiro atoms. The van der Waals surface area contributed by atoms with Crippen LogP contribution in [0.4, 0.5) is 0 Å². The quantitative estimate of drug-likeness (QED) is 0.890. The molecule has 2 unspecified atom stereocenters. The summed E-state index contributed by atoms with van der Waals surface area (Å²) in [5.74, 6) is 0.546. The maximum Gasteiger partial charge on any atom is 0.226 e. The second-order valence-electron chi connectivity index (χ2n) is 6.17. The first kappa shape index (κ1) is 17.0. The van der Waals surface area contributed by atoms with E-state index in [0.29, 0.717) is 10.8 Å². The minimum absolute atomic E-state index is 0.00370. The molecule has 2 atom stereocenters. The topological polar surface area (TPSA) is 66.5 Å². The second kappa shape index (κ2) is 6.38. The van der Waals surface area contributed by atoms with Crippen molar-refractivity contribution in [2.75, 3.05) is 26.4 Å². The van der Waals surface area contributed by atoms with E-state index in [1.807, 2.05) is 13.8 Å². The molecule has 0 radical (unpaired) electrons. The zero-order valence-corrected chi connectivity index (χ0v) is 14.4. The first-order valence-corrected chi connectivity index (χ1v) is 9.38. The predicted molar refractivity (Wildman–Crippen MR) is 86.3 cm³/mol. The molecule has 2 rings (SSSR count). The highest BCUT2D eigenvalue weighted by Crippen LogP contribution is 2.25. The molecule has 1 aliphatic rings. The van der Waals surface area contributed by atoms with Gasteiger partial charge >= 0.3 is 0 Å². The number of benzene rings is 1. The molecule has 1 saturated heterocycles. The van der Waals surface area contributed by atoms with E-state index in [1.165, 1.54) is 6.26 Å². The van der Waals surface area contributed by atoms with E-state index >= 15 is 0 Å². The first-order chi connectivity index (χ1) is 10.2. The number of rotatable bonds is 5. The Morgan fingerprint density at radius 1 is 1.23 bits per heavy atom. The van der Waals surface area contributed by atoms with Crippen molar-refractivity contribution >= 4 is 15.7 Å². The van der Waals surface area contributed by atoms with Crippen molar-refractivity contribution in [3.05, 3.63) is 29.8 Å². The van der Waals surface area contributed by atoms with Gasteiger partial charge in [-0.2, -0.15) is 0 Å². The summed E-state index contributed by atoms with van der Waals surface area (Å²) in [6.07, 6.45) is 1.19. The average Bonchev–Trinajstić information content (AvgIpc) is 2.42. The highest BCUT2D eigenvalue weighted by Gasteiger charge is 2.32. The zero-order chi connectivity index (χ0) is 16.5. The number of amides is 1. The number of nitrogens with zero attached hydrogens (tertiary/aromatic N) is 1. The number of hydrogen-bond acceptors (Lipinski definition) is 4. The van der Waals surface area contributed by atoms with Crippen LogP contribution in [0, 0.1) is 11.8 Å². The van der Waals surface area contributed by atoms with Gasteiger partial charge < -0.3 is 10.2 Å². The standard InChI is InChI=1S/C16H24N2O3S/c1-11(14-9-17-10-14)16(19)18(3)12(2)13-5-7-15(8-6-13)22(4,20)21/h5-8,11-12,14,17H,9-10H2,1-4H3. The van der Waals surface area contributed by atoms with Crippen LogP contribution in [0.3, 0.4) is 0 Å². The Morgan fingerprint density at radius 3 is 2.18 bits per heavy atom. The maximum absolute atomic E-state index is 12.5. The third kappa shape index (κ3) is 3.50. The van der Waals surface area contributed by atoms with Gasteiger partial charge in [0.15, 0.2) is 9.84 Å². The molecule has 1 heterocycles. The molecule has 22 heavy (non-hydrogen) atoms. The molecule has 1 N–H and O–H groups in total. The monoisotopic (exact) mass is 324 g/mol. The highest BCUT2D eigenvalue weighted by molar-refractivity contribution is 7.90. The summed E-state index contributed by atoms with van der Waals surface area (Å²) >= 11 is 0. The Balaban J connectivity index is 2.09. The van der Waals surface area contributed by atoms with E-state index in [0.717, 1.165) is 18.7 Å².